The van der Waals surface area contributed by atoms with Crippen molar-refractivity contribution >= 4 is 23.5 Å². The van der Waals surface area contributed by atoms with Crippen molar-refractivity contribution in [2.24, 2.45) is 0 Å². The molecule has 0 saturated heterocycles. The van der Waals surface area contributed by atoms with Crippen molar-refractivity contribution in [2.45, 2.75) is 33.3 Å². The van der Waals surface area contributed by atoms with Crippen molar-refractivity contribution in [1.82, 2.24) is 0 Å². The van der Waals surface area contributed by atoms with Gasteiger partial charge < -0.3 is 9.47 Å². The van der Waals surface area contributed by atoms with Gasteiger partial charge in [-0.3, -0.25) is 4.79 Å². The zero-order chi connectivity index (χ0) is 21.3. The number of aryl methyl sites for hydroxylation is 1. The number of rotatable bonds is 5. The van der Waals surface area contributed by atoms with Crippen molar-refractivity contribution in [1.29, 1.82) is 0 Å². The highest BCUT2D eigenvalue weighted by Crippen LogP contribution is 2.37. The van der Waals surface area contributed by atoms with Crippen LogP contribution in [0.25, 0.3) is 6.08 Å². The number of allylic oxidation sites excluding steroid dienone is 1. The fourth-order valence-corrected chi connectivity index (χ4v) is 3.70. The monoisotopic (exact) mass is 418 g/mol. The van der Waals surface area contributed by atoms with Crippen molar-refractivity contribution in [3.8, 4) is 11.5 Å². The molecule has 1 aliphatic heterocycles. The van der Waals surface area contributed by atoms with E-state index in [2.05, 4.69) is 26.0 Å². The topological polar surface area (TPSA) is 35.5 Å². The van der Waals surface area contributed by atoms with E-state index in [0.717, 1.165) is 16.7 Å². The lowest BCUT2D eigenvalue weighted by atomic mass is 10.0. The van der Waals surface area contributed by atoms with Crippen LogP contribution in [0.5, 0.6) is 11.5 Å². The molecular weight excluding hydrogens is 396 g/mol. The fraction of sp³-hybridized carbons (Fsp3) is 0.192. The molecule has 30 heavy (non-hydrogen) atoms. The van der Waals surface area contributed by atoms with Crippen LogP contribution < -0.4 is 9.47 Å². The maximum absolute atomic E-state index is 12.9. The molecule has 3 aromatic carbocycles. The second-order valence-electron chi connectivity index (χ2n) is 7.79. The molecule has 0 atom stereocenters. The molecule has 0 saturated carbocycles. The first kappa shape index (κ1) is 20.2. The van der Waals surface area contributed by atoms with Gasteiger partial charge in [0.2, 0.25) is 5.78 Å². The summed E-state index contributed by atoms with van der Waals surface area (Å²) in [6, 6.07) is 19.4. The van der Waals surface area contributed by atoms with E-state index in [1.807, 2.05) is 49.4 Å². The lowest BCUT2D eigenvalue weighted by Crippen LogP contribution is -2.00. The van der Waals surface area contributed by atoms with Gasteiger partial charge in [0.15, 0.2) is 5.76 Å². The maximum Gasteiger partial charge on any atom is 0.232 e. The number of ether oxygens (including phenoxy) is 2. The van der Waals surface area contributed by atoms with Crippen molar-refractivity contribution in [2.75, 3.05) is 0 Å². The zero-order valence-corrected chi connectivity index (χ0v) is 18.0. The zero-order valence-electron chi connectivity index (χ0n) is 17.2. The first-order valence-corrected chi connectivity index (χ1v) is 10.3. The molecule has 152 valence electrons. The Morgan fingerprint density at radius 2 is 1.83 bits per heavy atom. The predicted molar refractivity (Wildman–Crippen MR) is 120 cm³/mol. The van der Waals surface area contributed by atoms with E-state index < -0.39 is 0 Å². The Morgan fingerprint density at radius 1 is 1.07 bits per heavy atom. The molecule has 0 aromatic heterocycles. The molecule has 3 nitrogen and oxygen atoms in total. The molecule has 0 bridgehead atoms. The second kappa shape index (κ2) is 8.37. The van der Waals surface area contributed by atoms with E-state index in [4.69, 9.17) is 21.1 Å². The third-order valence-electron chi connectivity index (χ3n) is 5.14. The van der Waals surface area contributed by atoms with E-state index in [1.165, 1.54) is 5.56 Å². The average Bonchev–Trinajstić information content (AvgIpc) is 3.02. The van der Waals surface area contributed by atoms with Gasteiger partial charge in [0.1, 0.15) is 18.1 Å². The Morgan fingerprint density at radius 3 is 2.53 bits per heavy atom. The third-order valence-corrected chi connectivity index (χ3v) is 5.37. The molecule has 0 N–H and O–H groups in total. The summed E-state index contributed by atoms with van der Waals surface area (Å²) in [4.78, 5) is 12.9. The molecule has 1 aliphatic rings. The molecule has 0 amide bonds. The van der Waals surface area contributed by atoms with E-state index in [0.29, 0.717) is 40.4 Å². The molecule has 1 heterocycles. The summed E-state index contributed by atoms with van der Waals surface area (Å²) >= 11 is 6.03. The van der Waals surface area contributed by atoms with Gasteiger partial charge in [-0.2, -0.15) is 0 Å². The Bertz CT molecular complexity index is 1130. The number of carbonyl (C=O) groups excluding carboxylic acids is 1. The number of carbonyl (C=O) groups is 1. The van der Waals surface area contributed by atoms with Gasteiger partial charge in [-0.15, -0.1) is 0 Å². The van der Waals surface area contributed by atoms with Crippen LogP contribution in [0.4, 0.5) is 0 Å². The van der Waals surface area contributed by atoms with Crippen molar-refractivity contribution in [3.05, 3.63) is 99.3 Å². The van der Waals surface area contributed by atoms with Crippen LogP contribution in [0.1, 0.15) is 52.4 Å². The standard InChI is InChI=1S/C26H23ClO3/c1-16(2)20-9-7-18(8-10-20)13-24-26(28)25-17(3)11-22(14-23(25)30-24)29-15-19-5-4-6-21(27)12-19/h4-14,16H,15H2,1-3H3/b24-13-. The predicted octanol–water partition coefficient (Wildman–Crippen LogP) is 6.97. The van der Waals surface area contributed by atoms with Crippen LogP contribution in [0, 0.1) is 6.92 Å². The lowest BCUT2D eigenvalue weighted by Gasteiger charge is -2.09. The molecule has 4 heteroatoms. The molecule has 0 radical (unpaired) electrons. The van der Waals surface area contributed by atoms with Gasteiger partial charge in [0.25, 0.3) is 0 Å². The van der Waals surface area contributed by atoms with Crippen molar-refractivity contribution in [3.63, 3.8) is 0 Å². The molecule has 0 aliphatic carbocycles. The summed E-state index contributed by atoms with van der Waals surface area (Å²) in [5.41, 5.74) is 4.59. The molecule has 0 fully saturated rings. The minimum atomic E-state index is -0.100. The number of fused-ring (bicyclic) bond motifs is 1. The summed E-state index contributed by atoms with van der Waals surface area (Å²) in [5, 5.41) is 0.673. The van der Waals surface area contributed by atoms with E-state index >= 15 is 0 Å². The Hall–Kier alpha value is -3.04. The Labute approximate surface area is 181 Å². The Kier molecular flexibility index (Phi) is 5.65. The summed E-state index contributed by atoms with van der Waals surface area (Å²) in [5.74, 6) is 1.88. The van der Waals surface area contributed by atoms with Gasteiger partial charge in [-0.1, -0.05) is 61.8 Å². The van der Waals surface area contributed by atoms with Gasteiger partial charge >= 0.3 is 0 Å². The maximum atomic E-state index is 12.9. The largest absolute Gasteiger partial charge is 0.489 e. The number of ketones is 1. The van der Waals surface area contributed by atoms with Gasteiger partial charge in [0.05, 0.1) is 5.56 Å². The highest BCUT2D eigenvalue weighted by atomic mass is 35.5. The minimum Gasteiger partial charge on any atom is -0.489 e. The molecule has 3 aromatic rings. The summed E-state index contributed by atoms with van der Waals surface area (Å²) in [6.45, 7) is 6.59. The van der Waals surface area contributed by atoms with Gasteiger partial charge in [-0.25, -0.2) is 0 Å². The quantitative estimate of drug-likeness (QED) is 0.420. The average molecular weight is 419 g/mol. The van der Waals surface area contributed by atoms with Crippen LogP contribution >= 0.6 is 11.6 Å². The first-order valence-electron chi connectivity index (χ1n) is 9.97. The highest BCUT2D eigenvalue weighted by Gasteiger charge is 2.30. The van der Waals surface area contributed by atoms with E-state index in [-0.39, 0.29) is 5.78 Å². The highest BCUT2D eigenvalue weighted by molar-refractivity contribution is 6.30. The van der Waals surface area contributed by atoms with Gasteiger partial charge in [-0.05, 0) is 59.4 Å². The number of hydrogen-bond acceptors (Lipinski definition) is 3. The molecule has 4 rings (SSSR count). The van der Waals surface area contributed by atoms with E-state index in [9.17, 15) is 4.79 Å². The normalized spacial score (nSPS) is 14.2. The molecule has 0 spiro atoms. The smallest absolute Gasteiger partial charge is 0.232 e. The van der Waals surface area contributed by atoms with Gasteiger partial charge in [0, 0.05) is 11.1 Å². The number of halogens is 1. The Balaban J connectivity index is 1.54. The number of Topliss-reactive ketones (excluding diaryl/α,β-unsaturated/α-hetero) is 1. The van der Waals surface area contributed by atoms with Crippen LogP contribution in [-0.4, -0.2) is 5.78 Å². The van der Waals surface area contributed by atoms with Crippen LogP contribution in [0.2, 0.25) is 5.02 Å². The number of hydrogen-bond donors (Lipinski definition) is 0. The number of benzene rings is 3. The van der Waals surface area contributed by atoms with E-state index in [1.54, 1.807) is 12.1 Å². The minimum absolute atomic E-state index is 0.100. The lowest BCUT2D eigenvalue weighted by molar-refractivity contribution is 0.101. The van der Waals surface area contributed by atoms with Crippen LogP contribution in [0.15, 0.2) is 66.4 Å². The summed E-state index contributed by atoms with van der Waals surface area (Å²) in [7, 11) is 0. The van der Waals surface area contributed by atoms with Crippen molar-refractivity contribution < 1.29 is 14.3 Å². The summed E-state index contributed by atoms with van der Waals surface area (Å²) in [6.07, 6.45) is 1.79. The molecule has 0 unspecified atom stereocenters. The molecular formula is C26H23ClO3. The summed E-state index contributed by atoms with van der Waals surface area (Å²) < 4.78 is 11.8. The van der Waals surface area contributed by atoms with Crippen LogP contribution in [-0.2, 0) is 6.61 Å². The first-order chi connectivity index (χ1) is 14.4. The van der Waals surface area contributed by atoms with Crippen LogP contribution in [0.3, 0.4) is 0 Å². The SMILES string of the molecule is Cc1cc(OCc2cccc(Cl)c2)cc2c1C(=O)/C(=C/c1ccc(C(C)C)cc1)O2. The second-order valence-corrected chi connectivity index (χ2v) is 8.23. The fourth-order valence-electron chi connectivity index (χ4n) is 3.48. The third kappa shape index (κ3) is 4.27.